The summed E-state index contributed by atoms with van der Waals surface area (Å²) in [4.78, 5) is 22.9. The van der Waals surface area contributed by atoms with E-state index in [1.54, 1.807) is 25.1 Å². The van der Waals surface area contributed by atoms with Crippen molar-refractivity contribution in [3.63, 3.8) is 0 Å². The molecule has 0 atom stereocenters. The number of anilines is 1. The lowest BCUT2D eigenvalue weighted by atomic mass is 10.2. The molecule has 27 heavy (non-hydrogen) atoms. The zero-order valence-electron chi connectivity index (χ0n) is 14.9. The highest BCUT2D eigenvalue weighted by atomic mass is 19.4. The highest BCUT2D eigenvalue weighted by Crippen LogP contribution is 2.31. The van der Waals surface area contributed by atoms with Crippen molar-refractivity contribution >= 4 is 12.0 Å². The molecule has 2 aromatic rings. The van der Waals surface area contributed by atoms with Crippen LogP contribution < -0.4 is 4.90 Å². The summed E-state index contributed by atoms with van der Waals surface area (Å²) >= 11 is 0. The summed E-state index contributed by atoms with van der Waals surface area (Å²) in [5, 5.41) is 3.98. The van der Waals surface area contributed by atoms with Gasteiger partial charge in [0.05, 0.1) is 18.5 Å². The molecule has 146 valence electrons. The van der Waals surface area contributed by atoms with Gasteiger partial charge >= 0.3 is 12.3 Å². The SMILES string of the molecule is CCOC(=O)N1CCN(c2nc(-c3cnn(C)c3)cc(C(F)(F)F)n2)CC1. The molecule has 0 radical (unpaired) electrons. The predicted octanol–water partition coefficient (Wildman–Crippen LogP) is 2.17. The Kier molecular flexibility index (Phi) is 5.19. The molecule has 0 aliphatic carbocycles. The lowest BCUT2D eigenvalue weighted by Gasteiger charge is -2.34. The van der Waals surface area contributed by atoms with Crippen molar-refractivity contribution < 1.29 is 22.7 Å². The van der Waals surface area contributed by atoms with Gasteiger partial charge in [0, 0.05) is 45.0 Å². The number of halogens is 3. The van der Waals surface area contributed by atoms with Gasteiger partial charge in [-0.2, -0.15) is 18.3 Å². The average Bonchev–Trinajstić information content (AvgIpc) is 3.07. The number of piperazine rings is 1. The van der Waals surface area contributed by atoms with E-state index < -0.39 is 18.0 Å². The van der Waals surface area contributed by atoms with E-state index >= 15 is 0 Å². The molecule has 1 saturated heterocycles. The Bertz CT molecular complexity index is 815. The maximum Gasteiger partial charge on any atom is 0.433 e. The van der Waals surface area contributed by atoms with Gasteiger partial charge in [0.25, 0.3) is 0 Å². The molecule has 0 saturated carbocycles. The fraction of sp³-hybridized carbons (Fsp3) is 0.500. The van der Waals surface area contributed by atoms with Crippen LogP contribution in [-0.2, 0) is 18.0 Å². The van der Waals surface area contributed by atoms with E-state index in [4.69, 9.17) is 4.74 Å². The van der Waals surface area contributed by atoms with Gasteiger partial charge in [-0.25, -0.2) is 14.8 Å². The fourth-order valence-electron chi connectivity index (χ4n) is 2.73. The number of carbonyl (C=O) groups excluding carboxylic acids is 1. The quantitative estimate of drug-likeness (QED) is 0.807. The van der Waals surface area contributed by atoms with Crippen molar-refractivity contribution in [1.29, 1.82) is 0 Å². The number of rotatable bonds is 3. The van der Waals surface area contributed by atoms with Crippen LogP contribution in [0.2, 0.25) is 0 Å². The average molecular weight is 384 g/mol. The Morgan fingerprint density at radius 3 is 2.48 bits per heavy atom. The number of hydrogen-bond acceptors (Lipinski definition) is 6. The summed E-state index contributed by atoms with van der Waals surface area (Å²) in [6, 6.07) is 0.912. The van der Waals surface area contributed by atoms with Gasteiger partial charge in [-0.05, 0) is 13.0 Å². The highest BCUT2D eigenvalue weighted by Gasteiger charge is 2.35. The molecular weight excluding hydrogens is 365 g/mol. The van der Waals surface area contributed by atoms with Crippen LogP contribution in [0.3, 0.4) is 0 Å². The number of hydrogen-bond donors (Lipinski definition) is 0. The zero-order valence-corrected chi connectivity index (χ0v) is 14.9. The Hall–Kier alpha value is -2.85. The molecule has 0 spiro atoms. The van der Waals surface area contributed by atoms with Crippen LogP contribution in [0, 0.1) is 0 Å². The minimum atomic E-state index is -4.60. The molecule has 0 bridgehead atoms. The van der Waals surface area contributed by atoms with E-state index in [1.807, 2.05) is 0 Å². The summed E-state index contributed by atoms with van der Waals surface area (Å²) in [6.07, 6.45) is -1.99. The van der Waals surface area contributed by atoms with Gasteiger partial charge in [0.2, 0.25) is 5.95 Å². The van der Waals surface area contributed by atoms with Crippen LogP contribution in [0.15, 0.2) is 18.5 Å². The van der Waals surface area contributed by atoms with Crippen LogP contribution in [0.25, 0.3) is 11.3 Å². The Labute approximate surface area is 153 Å². The van der Waals surface area contributed by atoms with E-state index in [1.165, 1.54) is 15.8 Å². The second-order valence-electron chi connectivity index (χ2n) is 6.01. The van der Waals surface area contributed by atoms with Gasteiger partial charge in [0.1, 0.15) is 0 Å². The molecule has 1 fully saturated rings. The molecular formula is C16H19F3N6O2. The first kappa shape index (κ1) is 18.9. The standard InChI is InChI=1S/C16H19F3N6O2/c1-3-27-15(26)25-6-4-24(5-7-25)14-21-12(11-9-20-23(2)10-11)8-13(22-14)16(17,18)19/h8-10H,3-7H2,1-2H3. The van der Waals surface area contributed by atoms with E-state index in [-0.39, 0.29) is 18.2 Å². The van der Waals surface area contributed by atoms with Gasteiger partial charge in [-0.3, -0.25) is 4.68 Å². The summed E-state index contributed by atoms with van der Waals surface area (Å²) < 4.78 is 46.3. The summed E-state index contributed by atoms with van der Waals surface area (Å²) in [5.74, 6) is -0.0211. The predicted molar refractivity (Wildman–Crippen MR) is 90.0 cm³/mol. The third kappa shape index (κ3) is 4.29. The fourth-order valence-corrected chi connectivity index (χ4v) is 2.73. The summed E-state index contributed by atoms with van der Waals surface area (Å²) in [6.45, 7) is 3.25. The van der Waals surface area contributed by atoms with E-state index in [0.717, 1.165) is 6.07 Å². The topological polar surface area (TPSA) is 76.4 Å². The Morgan fingerprint density at radius 1 is 1.22 bits per heavy atom. The van der Waals surface area contributed by atoms with E-state index in [9.17, 15) is 18.0 Å². The van der Waals surface area contributed by atoms with Crippen LogP contribution in [-0.4, -0.2) is 63.5 Å². The Morgan fingerprint density at radius 2 is 1.93 bits per heavy atom. The smallest absolute Gasteiger partial charge is 0.433 e. The zero-order chi connectivity index (χ0) is 19.6. The van der Waals surface area contributed by atoms with Crippen LogP contribution >= 0.6 is 0 Å². The monoisotopic (exact) mass is 384 g/mol. The molecule has 0 aromatic carbocycles. The lowest BCUT2D eigenvalue weighted by molar-refractivity contribution is -0.141. The molecule has 3 heterocycles. The molecule has 1 aliphatic rings. The number of aryl methyl sites for hydroxylation is 1. The third-order valence-corrected chi connectivity index (χ3v) is 4.09. The maximum atomic E-state index is 13.3. The number of ether oxygens (including phenoxy) is 1. The van der Waals surface area contributed by atoms with Crippen molar-refractivity contribution in [3.8, 4) is 11.3 Å². The number of nitrogens with zero attached hydrogens (tertiary/aromatic N) is 6. The first-order valence-electron chi connectivity index (χ1n) is 8.40. The lowest BCUT2D eigenvalue weighted by Crippen LogP contribution is -2.49. The summed E-state index contributed by atoms with van der Waals surface area (Å²) in [5.41, 5.74) is -0.399. The maximum absolute atomic E-state index is 13.3. The molecule has 2 aromatic heterocycles. The third-order valence-electron chi connectivity index (χ3n) is 4.09. The van der Waals surface area contributed by atoms with Crippen LogP contribution in [0.4, 0.5) is 23.9 Å². The number of carbonyl (C=O) groups is 1. The van der Waals surface area contributed by atoms with E-state index in [0.29, 0.717) is 31.7 Å². The second-order valence-corrected chi connectivity index (χ2v) is 6.01. The second kappa shape index (κ2) is 7.41. The molecule has 0 N–H and O–H groups in total. The van der Waals surface area contributed by atoms with Crippen molar-refractivity contribution in [2.75, 3.05) is 37.7 Å². The molecule has 8 nitrogen and oxygen atoms in total. The minimum absolute atomic E-state index is 0.0211. The van der Waals surface area contributed by atoms with Crippen molar-refractivity contribution in [3.05, 3.63) is 24.2 Å². The van der Waals surface area contributed by atoms with Gasteiger partial charge < -0.3 is 14.5 Å². The summed E-state index contributed by atoms with van der Waals surface area (Å²) in [7, 11) is 1.67. The van der Waals surface area contributed by atoms with Crippen molar-refractivity contribution in [1.82, 2.24) is 24.6 Å². The molecule has 1 aliphatic heterocycles. The molecule has 0 unspecified atom stereocenters. The molecule has 1 amide bonds. The number of aromatic nitrogens is 4. The largest absolute Gasteiger partial charge is 0.450 e. The van der Waals surface area contributed by atoms with Gasteiger partial charge in [-0.1, -0.05) is 0 Å². The van der Waals surface area contributed by atoms with Crippen molar-refractivity contribution in [2.45, 2.75) is 13.1 Å². The number of amides is 1. The van der Waals surface area contributed by atoms with Gasteiger partial charge in [-0.15, -0.1) is 0 Å². The van der Waals surface area contributed by atoms with Crippen LogP contribution in [0.1, 0.15) is 12.6 Å². The minimum Gasteiger partial charge on any atom is -0.450 e. The highest BCUT2D eigenvalue weighted by molar-refractivity contribution is 5.68. The molecule has 11 heteroatoms. The Balaban J connectivity index is 1.86. The van der Waals surface area contributed by atoms with E-state index in [2.05, 4.69) is 15.1 Å². The van der Waals surface area contributed by atoms with Crippen LogP contribution in [0.5, 0.6) is 0 Å². The first-order valence-corrected chi connectivity index (χ1v) is 8.40. The van der Waals surface area contributed by atoms with Gasteiger partial charge in [0.15, 0.2) is 5.69 Å². The first-order chi connectivity index (χ1) is 12.8. The van der Waals surface area contributed by atoms with Crippen molar-refractivity contribution in [2.24, 2.45) is 7.05 Å². The number of alkyl halides is 3. The molecule has 3 rings (SSSR count). The normalized spacial score (nSPS) is 15.1.